The fraction of sp³-hybridized carbons (Fsp3) is 0.736. The number of ether oxygens (including phenoxy) is 8. The molecule has 2 aliphatic rings. The third-order valence-corrected chi connectivity index (χ3v) is 10.2. The smallest absolute Gasteiger partial charge is 0.306 e. The summed E-state index contributed by atoms with van der Waals surface area (Å²) in [6, 6.07) is 0. The lowest BCUT2D eigenvalue weighted by Gasteiger charge is -2.18. The minimum Gasteiger partial charge on any atom is -0.463 e. The molecule has 2 unspecified atom stereocenters. The van der Waals surface area contributed by atoms with Gasteiger partial charge in [0.15, 0.2) is 0 Å². The lowest BCUT2D eigenvalue weighted by Crippen LogP contribution is -2.20. The summed E-state index contributed by atoms with van der Waals surface area (Å²) in [5.41, 5.74) is 0. The first-order chi connectivity index (χ1) is 31.4. The summed E-state index contributed by atoms with van der Waals surface area (Å²) in [6.45, 7) is 10.4. The predicted octanol–water partition coefficient (Wildman–Crippen LogP) is 12.0. The van der Waals surface area contributed by atoms with E-state index in [1.54, 1.807) is 14.2 Å². The van der Waals surface area contributed by atoms with Gasteiger partial charge in [0.05, 0.1) is 65.3 Å². The summed E-state index contributed by atoms with van der Waals surface area (Å²) in [5, 5.41) is 0. The van der Waals surface area contributed by atoms with E-state index < -0.39 is 11.9 Å². The van der Waals surface area contributed by atoms with E-state index in [0.29, 0.717) is 39.6 Å². The highest BCUT2D eigenvalue weighted by molar-refractivity contribution is 5.78. The first kappa shape index (κ1) is 63.5. The van der Waals surface area contributed by atoms with Gasteiger partial charge in [-0.2, -0.15) is 0 Å². The van der Waals surface area contributed by atoms with Crippen LogP contribution in [0.25, 0.3) is 0 Å². The number of rotatable bonds is 34. The molecule has 12 heteroatoms. The molecule has 0 aromatic carbocycles. The molecule has 0 saturated carbocycles. The van der Waals surface area contributed by atoms with Gasteiger partial charge in [0.1, 0.15) is 25.4 Å². The van der Waals surface area contributed by atoms with E-state index in [0.717, 1.165) is 77.0 Å². The van der Waals surface area contributed by atoms with E-state index in [9.17, 15) is 19.2 Å². The van der Waals surface area contributed by atoms with Crippen molar-refractivity contribution in [1.82, 2.24) is 0 Å². The van der Waals surface area contributed by atoms with Crippen LogP contribution in [0.15, 0.2) is 61.8 Å². The Morgan fingerprint density at radius 1 is 0.523 bits per heavy atom. The van der Waals surface area contributed by atoms with Crippen LogP contribution in [0.1, 0.15) is 174 Å². The Morgan fingerprint density at radius 2 is 1.02 bits per heavy atom. The molecule has 65 heavy (non-hydrogen) atoms. The van der Waals surface area contributed by atoms with E-state index in [2.05, 4.69) is 49.6 Å². The third kappa shape index (κ3) is 48.2. The minimum atomic E-state index is -0.419. The molecule has 0 aliphatic heterocycles. The average molecular weight is 921 g/mol. The molecule has 0 saturated heterocycles. The van der Waals surface area contributed by atoms with Crippen LogP contribution in [-0.2, 0) is 57.1 Å². The van der Waals surface area contributed by atoms with Gasteiger partial charge in [-0.25, -0.2) is 0 Å². The second-order valence-corrected chi connectivity index (χ2v) is 15.9. The van der Waals surface area contributed by atoms with E-state index in [4.69, 9.17) is 37.9 Å². The Hall–Kier alpha value is -3.58. The Kier molecular flexibility index (Phi) is 50.2. The summed E-state index contributed by atoms with van der Waals surface area (Å²) >= 11 is 0. The van der Waals surface area contributed by atoms with Crippen molar-refractivity contribution in [2.24, 2.45) is 0 Å². The zero-order valence-corrected chi connectivity index (χ0v) is 40.1. The van der Waals surface area contributed by atoms with Crippen LogP contribution in [0.4, 0.5) is 0 Å². The Bertz CT molecular complexity index is 1220. The van der Waals surface area contributed by atoms with Crippen molar-refractivity contribution in [1.29, 1.82) is 0 Å². The van der Waals surface area contributed by atoms with Crippen molar-refractivity contribution >= 4 is 23.9 Å². The molecule has 0 bridgehead atoms. The molecule has 12 nitrogen and oxygen atoms in total. The molecule has 0 spiro atoms. The highest BCUT2D eigenvalue weighted by Gasteiger charge is 2.17. The van der Waals surface area contributed by atoms with Gasteiger partial charge < -0.3 is 37.9 Å². The van der Waals surface area contributed by atoms with Gasteiger partial charge in [0.25, 0.3) is 0 Å². The standard InChI is InChI=1S/C27H46O6.C17H28O6.C8H14.CH4/c1-4-6-8-9-10-11-12-13-14-16-18-25(17-15-7-5-2)33-27(29)20-19-26(28)32-24-23-31-22-21-30-3;1-20-11-12-21-13-14-22-16(18)9-10-17(19)23-15-7-5-3-2-4-6-8-15;1-2-4-6-8-7-5-3-1;/h4-5,13-14,25H,1-2,6-12,15-24H2,3H3;2-3,15H,4-14H2,1H3;1-2H,3-8H2;1H4/b;3-2-;;. The molecule has 0 fully saturated rings. The number of hydrogen-bond donors (Lipinski definition) is 0. The van der Waals surface area contributed by atoms with Crippen LogP contribution in [0.2, 0.25) is 0 Å². The minimum absolute atomic E-state index is 0. The van der Waals surface area contributed by atoms with Crippen LogP contribution in [-0.4, -0.2) is 103 Å². The topological polar surface area (TPSA) is 142 Å². The van der Waals surface area contributed by atoms with Crippen molar-refractivity contribution < 1.29 is 57.1 Å². The molecule has 0 aromatic rings. The maximum atomic E-state index is 12.2. The van der Waals surface area contributed by atoms with Crippen LogP contribution >= 0.6 is 0 Å². The lowest BCUT2D eigenvalue weighted by atomic mass is 10.0. The van der Waals surface area contributed by atoms with E-state index in [1.165, 1.54) is 64.2 Å². The van der Waals surface area contributed by atoms with Crippen LogP contribution in [0.3, 0.4) is 0 Å². The summed E-state index contributed by atoms with van der Waals surface area (Å²) in [6.07, 6.45) is 41.8. The predicted molar refractivity (Wildman–Crippen MR) is 262 cm³/mol. The highest BCUT2D eigenvalue weighted by Crippen LogP contribution is 2.17. The number of carbonyl (C=O) groups is 4. The van der Waals surface area contributed by atoms with Crippen LogP contribution < -0.4 is 0 Å². The van der Waals surface area contributed by atoms with Crippen LogP contribution in [0.5, 0.6) is 0 Å². The lowest BCUT2D eigenvalue weighted by molar-refractivity contribution is -0.154. The molecule has 0 heterocycles. The van der Waals surface area contributed by atoms with Crippen LogP contribution in [0, 0.1) is 0 Å². The summed E-state index contributed by atoms with van der Waals surface area (Å²) in [7, 11) is 3.19. The zero-order valence-electron chi connectivity index (χ0n) is 40.1. The zero-order chi connectivity index (χ0) is 46.8. The SMILES string of the molecule is C.C1=CCCCCCC1.C=CCCCCCCC=CCCC(CCCC=C)OC(=O)CCC(=O)OCCOCCOC.COCCOCCOC(=O)CCC(=O)OC1CC/C=C\CCC1. The van der Waals surface area contributed by atoms with Gasteiger partial charge in [0, 0.05) is 14.2 Å². The van der Waals surface area contributed by atoms with Gasteiger partial charge >= 0.3 is 23.9 Å². The highest BCUT2D eigenvalue weighted by atomic mass is 16.6. The van der Waals surface area contributed by atoms with E-state index in [1.807, 2.05) is 12.2 Å². The van der Waals surface area contributed by atoms with Gasteiger partial charge in [-0.3, -0.25) is 19.2 Å². The Labute approximate surface area is 395 Å². The molecular weight excluding hydrogens is 829 g/mol. The Balaban J connectivity index is 0. The maximum absolute atomic E-state index is 12.2. The van der Waals surface area contributed by atoms with Gasteiger partial charge in [-0.15, -0.1) is 13.2 Å². The maximum Gasteiger partial charge on any atom is 0.306 e. The van der Waals surface area contributed by atoms with Gasteiger partial charge in [0.2, 0.25) is 0 Å². The second kappa shape index (κ2) is 51.4. The number of allylic oxidation sites excluding steroid dienone is 8. The molecule has 0 amide bonds. The second-order valence-electron chi connectivity index (χ2n) is 15.9. The third-order valence-electron chi connectivity index (χ3n) is 10.2. The fourth-order valence-corrected chi connectivity index (χ4v) is 6.49. The average Bonchev–Trinajstić information content (AvgIpc) is 3.26. The molecule has 0 aromatic heterocycles. The van der Waals surface area contributed by atoms with Gasteiger partial charge in [-0.1, -0.05) is 81.7 Å². The first-order valence-corrected chi connectivity index (χ1v) is 24.4. The normalized spacial score (nSPS) is 15.6. The van der Waals surface area contributed by atoms with Gasteiger partial charge in [-0.05, 0) is 116 Å². The number of methoxy groups -OCH3 is 2. The quantitative estimate of drug-likeness (QED) is 0.0262. The summed E-state index contributed by atoms with van der Waals surface area (Å²) < 4.78 is 41.2. The molecule has 2 atom stereocenters. The monoisotopic (exact) mass is 921 g/mol. The molecule has 2 rings (SSSR count). The van der Waals surface area contributed by atoms with Crippen molar-refractivity contribution in [3.05, 3.63) is 61.8 Å². The van der Waals surface area contributed by atoms with Crippen molar-refractivity contribution in [3.8, 4) is 0 Å². The van der Waals surface area contributed by atoms with E-state index in [-0.39, 0.29) is 70.5 Å². The molecule has 0 radical (unpaired) electrons. The summed E-state index contributed by atoms with van der Waals surface area (Å²) in [5.74, 6) is -1.50. The number of unbranched alkanes of at least 4 members (excludes halogenated alkanes) is 6. The van der Waals surface area contributed by atoms with E-state index >= 15 is 0 Å². The number of hydrogen-bond acceptors (Lipinski definition) is 12. The molecule has 376 valence electrons. The van der Waals surface area contributed by atoms with Crippen molar-refractivity contribution in [2.45, 2.75) is 187 Å². The fourth-order valence-electron chi connectivity index (χ4n) is 6.49. The molecule has 0 N–H and O–H groups in total. The molecule has 2 aliphatic carbocycles. The molecular formula is C53H92O12. The Morgan fingerprint density at radius 3 is 1.60 bits per heavy atom. The first-order valence-electron chi connectivity index (χ1n) is 24.4. The van der Waals surface area contributed by atoms with Crippen molar-refractivity contribution in [3.63, 3.8) is 0 Å². The number of esters is 4. The largest absolute Gasteiger partial charge is 0.463 e. The number of carbonyl (C=O) groups excluding carboxylic acids is 4. The summed E-state index contributed by atoms with van der Waals surface area (Å²) in [4.78, 5) is 47.3. The van der Waals surface area contributed by atoms with Crippen molar-refractivity contribution in [2.75, 3.05) is 67.1 Å².